The monoisotopic (exact) mass is 370 g/mol. The molecule has 4 heterocycles. The van der Waals surface area contributed by atoms with Crippen molar-refractivity contribution < 1.29 is 4.42 Å². The second kappa shape index (κ2) is 6.82. The molecular formula is C21H18N6O. The number of anilines is 2. The fourth-order valence-electron chi connectivity index (χ4n) is 3.71. The van der Waals surface area contributed by atoms with Gasteiger partial charge < -0.3 is 14.6 Å². The molecule has 5 rings (SSSR count). The molecule has 7 heteroatoms. The van der Waals surface area contributed by atoms with Gasteiger partial charge >= 0.3 is 0 Å². The maximum Gasteiger partial charge on any atom is 0.196 e. The van der Waals surface area contributed by atoms with Crippen LogP contribution >= 0.6 is 0 Å². The number of benzene rings is 1. The molecule has 0 unspecified atom stereocenters. The number of fused-ring (bicyclic) bond motifs is 3. The molecule has 0 amide bonds. The third kappa shape index (κ3) is 2.89. The molecule has 0 spiro atoms. The molecule has 0 bridgehead atoms. The molecule has 1 saturated heterocycles. The highest BCUT2D eigenvalue weighted by Crippen LogP contribution is 2.31. The number of nitriles is 1. The Balaban J connectivity index is 1.32. The van der Waals surface area contributed by atoms with Gasteiger partial charge in [0.05, 0.1) is 5.56 Å². The van der Waals surface area contributed by atoms with E-state index in [4.69, 9.17) is 9.68 Å². The summed E-state index contributed by atoms with van der Waals surface area (Å²) in [6, 6.07) is 14.0. The van der Waals surface area contributed by atoms with Gasteiger partial charge in [0.1, 0.15) is 29.3 Å². The Morgan fingerprint density at radius 1 is 1.07 bits per heavy atom. The molecule has 0 saturated carbocycles. The molecule has 4 aromatic rings. The van der Waals surface area contributed by atoms with E-state index in [1.165, 1.54) is 0 Å². The van der Waals surface area contributed by atoms with Gasteiger partial charge in [0.15, 0.2) is 11.4 Å². The average molecular weight is 370 g/mol. The standard InChI is InChI=1S/C21H18N6O/c22-11-14-5-6-18(23-12-14)27-9-7-15(8-10-27)26-21-20-19(24-13-25-21)16-3-1-2-4-17(16)28-20/h1-6,12-13,15H,7-10H2,(H,24,25,26). The number of nitrogens with one attached hydrogen (secondary N) is 1. The molecule has 1 N–H and O–H groups in total. The quantitative estimate of drug-likeness (QED) is 0.587. The van der Waals surface area contributed by atoms with Crippen LogP contribution in [0.15, 0.2) is 53.3 Å². The van der Waals surface area contributed by atoms with E-state index in [9.17, 15) is 0 Å². The lowest BCUT2D eigenvalue weighted by atomic mass is 10.0. The van der Waals surface area contributed by atoms with E-state index >= 15 is 0 Å². The number of rotatable bonds is 3. The minimum Gasteiger partial charge on any atom is -0.450 e. The Bertz CT molecular complexity index is 1170. The zero-order valence-electron chi connectivity index (χ0n) is 15.2. The summed E-state index contributed by atoms with van der Waals surface area (Å²) in [4.78, 5) is 15.5. The normalized spacial score (nSPS) is 15.0. The van der Waals surface area contributed by atoms with Gasteiger partial charge in [-0.3, -0.25) is 0 Å². The van der Waals surface area contributed by atoms with Crippen molar-refractivity contribution in [2.24, 2.45) is 0 Å². The molecule has 1 aliphatic heterocycles. The molecule has 3 aromatic heterocycles. The van der Waals surface area contributed by atoms with E-state index < -0.39 is 0 Å². The largest absolute Gasteiger partial charge is 0.450 e. The van der Waals surface area contributed by atoms with Crippen molar-refractivity contribution in [1.82, 2.24) is 15.0 Å². The van der Waals surface area contributed by atoms with E-state index in [0.29, 0.717) is 17.2 Å². The van der Waals surface area contributed by atoms with Crippen LogP contribution in [0.4, 0.5) is 11.6 Å². The van der Waals surface area contributed by atoms with Crippen LogP contribution in [-0.4, -0.2) is 34.1 Å². The number of furan rings is 1. The van der Waals surface area contributed by atoms with Crippen LogP contribution in [-0.2, 0) is 0 Å². The van der Waals surface area contributed by atoms with Gasteiger partial charge in [-0.05, 0) is 37.1 Å². The summed E-state index contributed by atoms with van der Waals surface area (Å²) >= 11 is 0. The minimum absolute atomic E-state index is 0.306. The second-order valence-electron chi connectivity index (χ2n) is 6.92. The number of hydrogen-bond acceptors (Lipinski definition) is 7. The Morgan fingerprint density at radius 3 is 2.71 bits per heavy atom. The molecule has 0 aliphatic carbocycles. The zero-order valence-corrected chi connectivity index (χ0v) is 15.2. The number of nitrogens with zero attached hydrogens (tertiary/aromatic N) is 5. The lowest BCUT2D eigenvalue weighted by molar-refractivity contribution is 0.521. The number of piperidine rings is 1. The average Bonchev–Trinajstić information content (AvgIpc) is 3.14. The topological polar surface area (TPSA) is 90.9 Å². The van der Waals surface area contributed by atoms with Crippen LogP contribution in [0.5, 0.6) is 0 Å². The lowest BCUT2D eigenvalue weighted by Gasteiger charge is -2.33. The highest BCUT2D eigenvalue weighted by molar-refractivity contribution is 6.05. The maximum absolute atomic E-state index is 8.91. The molecule has 1 aromatic carbocycles. The molecule has 1 aliphatic rings. The number of aromatic nitrogens is 3. The summed E-state index contributed by atoms with van der Waals surface area (Å²) in [5.74, 6) is 1.66. The number of pyridine rings is 1. The third-order valence-electron chi connectivity index (χ3n) is 5.19. The molecule has 7 nitrogen and oxygen atoms in total. The van der Waals surface area contributed by atoms with Crippen molar-refractivity contribution in [2.45, 2.75) is 18.9 Å². The van der Waals surface area contributed by atoms with E-state index in [2.05, 4.69) is 31.2 Å². The van der Waals surface area contributed by atoms with Crippen LogP contribution < -0.4 is 10.2 Å². The summed E-state index contributed by atoms with van der Waals surface area (Å²) in [7, 11) is 0. The van der Waals surface area contributed by atoms with E-state index in [0.717, 1.165) is 54.1 Å². The van der Waals surface area contributed by atoms with Gasteiger partial charge in [-0.1, -0.05) is 12.1 Å². The third-order valence-corrected chi connectivity index (χ3v) is 5.19. The van der Waals surface area contributed by atoms with Crippen molar-refractivity contribution >= 4 is 33.7 Å². The predicted octanol–water partition coefficient (Wildman–Crippen LogP) is 3.72. The summed E-state index contributed by atoms with van der Waals surface area (Å²) in [6.07, 6.45) is 5.14. The second-order valence-corrected chi connectivity index (χ2v) is 6.92. The molecule has 1 fully saturated rings. The zero-order chi connectivity index (χ0) is 18.9. The van der Waals surface area contributed by atoms with Crippen molar-refractivity contribution in [3.05, 3.63) is 54.5 Å². The van der Waals surface area contributed by atoms with Crippen LogP contribution in [0, 0.1) is 11.3 Å². The SMILES string of the molecule is N#Cc1ccc(N2CCC(Nc3ncnc4c3oc3ccccc34)CC2)nc1. The van der Waals surface area contributed by atoms with Gasteiger partial charge in [0.2, 0.25) is 0 Å². The predicted molar refractivity (Wildman–Crippen MR) is 107 cm³/mol. The summed E-state index contributed by atoms with van der Waals surface area (Å²) in [5, 5.41) is 13.4. The van der Waals surface area contributed by atoms with Gasteiger partial charge in [-0.25, -0.2) is 15.0 Å². The Kier molecular flexibility index (Phi) is 4.02. The number of para-hydroxylation sites is 1. The first-order valence-electron chi connectivity index (χ1n) is 9.32. The van der Waals surface area contributed by atoms with Gasteiger partial charge in [-0.15, -0.1) is 0 Å². The highest BCUT2D eigenvalue weighted by atomic mass is 16.3. The molecule has 28 heavy (non-hydrogen) atoms. The molecule has 0 atom stereocenters. The van der Waals surface area contributed by atoms with Gasteiger partial charge in [-0.2, -0.15) is 5.26 Å². The van der Waals surface area contributed by atoms with Crippen LogP contribution in [0.25, 0.3) is 22.1 Å². The molecule has 0 radical (unpaired) electrons. The highest BCUT2D eigenvalue weighted by Gasteiger charge is 2.22. The van der Waals surface area contributed by atoms with Crippen molar-refractivity contribution in [2.75, 3.05) is 23.3 Å². The maximum atomic E-state index is 8.91. The summed E-state index contributed by atoms with van der Waals surface area (Å²) in [6.45, 7) is 1.79. The van der Waals surface area contributed by atoms with Crippen molar-refractivity contribution in [1.29, 1.82) is 5.26 Å². The van der Waals surface area contributed by atoms with E-state index in [1.54, 1.807) is 12.5 Å². The first kappa shape index (κ1) is 16.5. The molecular weight excluding hydrogens is 352 g/mol. The lowest BCUT2D eigenvalue weighted by Crippen LogP contribution is -2.39. The summed E-state index contributed by atoms with van der Waals surface area (Å²) < 4.78 is 6.00. The van der Waals surface area contributed by atoms with Gasteiger partial charge in [0.25, 0.3) is 0 Å². The first-order valence-corrected chi connectivity index (χ1v) is 9.32. The fourth-order valence-corrected chi connectivity index (χ4v) is 3.71. The van der Waals surface area contributed by atoms with E-state index in [-0.39, 0.29) is 0 Å². The van der Waals surface area contributed by atoms with Crippen molar-refractivity contribution in [3.63, 3.8) is 0 Å². The van der Waals surface area contributed by atoms with E-state index in [1.807, 2.05) is 36.4 Å². The Morgan fingerprint density at radius 2 is 1.93 bits per heavy atom. The summed E-state index contributed by atoms with van der Waals surface area (Å²) in [5.41, 5.74) is 2.95. The Hall–Kier alpha value is -3.66. The minimum atomic E-state index is 0.306. The number of hydrogen-bond donors (Lipinski definition) is 1. The first-order chi connectivity index (χ1) is 13.8. The van der Waals surface area contributed by atoms with Crippen LogP contribution in [0.2, 0.25) is 0 Å². The molecule has 138 valence electrons. The van der Waals surface area contributed by atoms with Crippen molar-refractivity contribution in [3.8, 4) is 6.07 Å². The van der Waals surface area contributed by atoms with Crippen LogP contribution in [0.1, 0.15) is 18.4 Å². The Labute approximate surface area is 161 Å². The smallest absolute Gasteiger partial charge is 0.196 e. The fraction of sp³-hybridized carbons (Fsp3) is 0.238. The van der Waals surface area contributed by atoms with Gasteiger partial charge in [0, 0.05) is 30.7 Å². The van der Waals surface area contributed by atoms with Crippen LogP contribution in [0.3, 0.4) is 0 Å².